The molecule has 0 atom stereocenters. The predicted octanol–water partition coefficient (Wildman–Crippen LogP) is 3.19. The van der Waals surface area contributed by atoms with Gasteiger partial charge in [-0.05, 0) is 35.7 Å². The first-order valence-corrected chi connectivity index (χ1v) is 9.49. The summed E-state index contributed by atoms with van der Waals surface area (Å²) in [7, 11) is 0. The highest BCUT2D eigenvalue weighted by Crippen LogP contribution is 2.17. The lowest BCUT2D eigenvalue weighted by Gasteiger charge is -2.34. The predicted molar refractivity (Wildman–Crippen MR) is 105 cm³/mol. The van der Waals surface area contributed by atoms with Crippen LogP contribution in [0.25, 0.3) is 0 Å². The van der Waals surface area contributed by atoms with Gasteiger partial charge in [-0.2, -0.15) is 0 Å². The van der Waals surface area contributed by atoms with Crippen molar-refractivity contribution in [2.75, 3.05) is 38.0 Å². The van der Waals surface area contributed by atoms with E-state index in [1.54, 1.807) is 17.0 Å². The van der Waals surface area contributed by atoms with Crippen LogP contribution >= 0.6 is 0 Å². The zero-order chi connectivity index (χ0) is 19.2. The van der Waals surface area contributed by atoms with Crippen LogP contribution in [0.5, 0.6) is 0 Å². The quantitative estimate of drug-likeness (QED) is 0.849. The van der Waals surface area contributed by atoms with Crippen molar-refractivity contribution in [3.05, 3.63) is 54.0 Å². The van der Waals surface area contributed by atoms with E-state index in [1.807, 2.05) is 4.90 Å². The molecule has 144 valence electrons. The van der Waals surface area contributed by atoms with Crippen molar-refractivity contribution < 1.29 is 14.0 Å². The number of anilines is 1. The average molecular weight is 369 g/mol. The lowest BCUT2D eigenvalue weighted by atomic mass is 10.0. The van der Waals surface area contributed by atoms with Crippen LogP contribution in [0, 0.1) is 0 Å². The van der Waals surface area contributed by atoms with Crippen LogP contribution in [0.1, 0.15) is 42.3 Å². The number of nitrogens with one attached hydrogen (secondary N) is 1. The molecule has 1 saturated heterocycles. The maximum absolute atomic E-state index is 12.4. The van der Waals surface area contributed by atoms with E-state index in [0.29, 0.717) is 50.8 Å². The van der Waals surface area contributed by atoms with E-state index in [9.17, 15) is 9.59 Å². The van der Waals surface area contributed by atoms with E-state index < -0.39 is 0 Å². The summed E-state index contributed by atoms with van der Waals surface area (Å²) in [6.45, 7) is 7.14. The van der Waals surface area contributed by atoms with Crippen molar-refractivity contribution in [3.63, 3.8) is 0 Å². The third kappa shape index (κ3) is 4.90. The topological polar surface area (TPSA) is 65.8 Å². The van der Waals surface area contributed by atoms with E-state index in [2.05, 4.69) is 43.4 Å². The average Bonchev–Trinajstić information content (AvgIpc) is 3.22. The van der Waals surface area contributed by atoms with Crippen molar-refractivity contribution in [2.45, 2.75) is 26.2 Å². The molecule has 1 N–H and O–H groups in total. The molecule has 0 saturated carbocycles. The molecule has 0 aliphatic carbocycles. The first kappa shape index (κ1) is 19.0. The Morgan fingerprint density at radius 1 is 1.04 bits per heavy atom. The minimum absolute atomic E-state index is 0.112. The number of carbonyl (C=O) groups is 2. The standard InChI is InChI=1S/C21H27N3O3/c1-16(2)17-5-7-18(8-6-17)22-10-9-20(25)23-11-13-24(14-12-23)21(26)19-4-3-15-27-19/h3-8,15-16,22H,9-14H2,1-2H3. The van der Waals surface area contributed by atoms with E-state index in [-0.39, 0.29) is 11.8 Å². The van der Waals surface area contributed by atoms with Crippen LogP contribution in [-0.4, -0.2) is 54.3 Å². The molecule has 0 bridgehead atoms. The van der Waals surface area contributed by atoms with Crippen molar-refractivity contribution in [3.8, 4) is 0 Å². The van der Waals surface area contributed by atoms with Crippen LogP contribution in [0.3, 0.4) is 0 Å². The smallest absolute Gasteiger partial charge is 0.289 e. The number of rotatable bonds is 6. The molecule has 6 nitrogen and oxygen atoms in total. The number of carbonyl (C=O) groups excluding carboxylic acids is 2. The summed E-state index contributed by atoms with van der Waals surface area (Å²) in [6, 6.07) is 11.7. The monoisotopic (exact) mass is 369 g/mol. The molecule has 2 heterocycles. The SMILES string of the molecule is CC(C)c1ccc(NCCC(=O)N2CCN(C(=O)c3ccco3)CC2)cc1. The lowest BCUT2D eigenvalue weighted by molar-refractivity contribution is -0.132. The summed E-state index contributed by atoms with van der Waals surface area (Å²) >= 11 is 0. The molecule has 1 aliphatic rings. The molecular weight excluding hydrogens is 342 g/mol. The molecule has 1 fully saturated rings. The van der Waals surface area contributed by atoms with Crippen molar-refractivity contribution in [1.82, 2.24) is 9.80 Å². The zero-order valence-electron chi connectivity index (χ0n) is 16.0. The van der Waals surface area contributed by atoms with Gasteiger partial charge in [0.1, 0.15) is 0 Å². The Hall–Kier alpha value is -2.76. The van der Waals surface area contributed by atoms with E-state index >= 15 is 0 Å². The van der Waals surface area contributed by atoms with Crippen LogP contribution in [0.4, 0.5) is 5.69 Å². The molecule has 6 heteroatoms. The van der Waals surface area contributed by atoms with E-state index in [4.69, 9.17) is 4.42 Å². The minimum atomic E-state index is -0.112. The molecule has 1 aromatic carbocycles. The van der Waals surface area contributed by atoms with Crippen molar-refractivity contribution >= 4 is 17.5 Å². The largest absolute Gasteiger partial charge is 0.459 e. The molecule has 1 aromatic heterocycles. The fourth-order valence-electron chi connectivity index (χ4n) is 3.17. The highest BCUT2D eigenvalue weighted by molar-refractivity contribution is 5.91. The summed E-state index contributed by atoms with van der Waals surface area (Å²) < 4.78 is 5.16. The maximum atomic E-state index is 12.4. The Morgan fingerprint density at radius 2 is 1.70 bits per heavy atom. The molecule has 0 spiro atoms. The molecule has 27 heavy (non-hydrogen) atoms. The summed E-state index contributed by atoms with van der Waals surface area (Å²) in [6.07, 6.45) is 1.94. The number of hydrogen-bond acceptors (Lipinski definition) is 4. The van der Waals surface area contributed by atoms with Gasteiger partial charge in [0.2, 0.25) is 5.91 Å². The van der Waals surface area contributed by atoms with Gasteiger partial charge in [0.15, 0.2) is 5.76 Å². The zero-order valence-corrected chi connectivity index (χ0v) is 16.0. The van der Waals surface area contributed by atoms with Gasteiger partial charge in [-0.3, -0.25) is 9.59 Å². The molecule has 2 amide bonds. The van der Waals surface area contributed by atoms with Crippen molar-refractivity contribution in [1.29, 1.82) is 0 Å². The van der Waals surface area contributed by atoms with Gasteiger partial charge in [0.05, 0.1) is 6.26 Å². The number of furan rings is 1. The highest BCUT2D eigenvalue weighted by atomic mass is 16.3. The minimum Gasteiger partial charge on any atom is -0.459 e. The first-order chi connectivity index (χ1) is 13.0. The summed E-state index contributed by atoms with van der Waals surface area (Å²) in [5.74, 6) is 0.867. The number of amides is 2. The maximum Gasteiger partial charge on any atom is 0.289 e. The van der Waals surface area contributed by atoms with Gasteiger partial charge in [-0.25, -0.2) is 0 Å². The van der Waals surface area contributed by atoms with Crippen LogP contribution in [0.2, 0.25) is 0 Å². The van der Waals surface area contributed by atoms with Crippen molar-refractivity contribution in [2.24, 2.45) is 0 Å². The molecule has 2 aromatic rings. The summed E-state index contributed by atoms with van der Waals surface area (Å²) in [4.78, 5) is 28.2. The second-order valence-corrected chi connectivity index (χ2v) is 7.10. The van der Waals surface area contributed by atoms with Gasteiger partial charge in [-0.1, -0.05) is 26.0 Å². The Kier molecular flexibility index (Phi) is 6.16. The second-order valence-electron chi connectivity index (χ2n) is 7.10. The van der Waals surface area contributed by atoms with Crippen LogP contribution in [-0.2, 0) is 4.79 Å². The third-order valence-corrected chi connectivity index (χ3v) is 4.90. The van der Waals surface area contributed by atoms with Gasteiger partial charge in [0.25, 0.3) is 5.91 Å². The Morgan fingerprint density at radius 3 is 2.30 bits per heavy atom. The molecule has 1 aliphatic heterocycles. The van der Waals surface area contributed by atoms with Gasteiger partial charge < -0.3 is 19.5 Å². The fraction of sp³-hybridized carbons (Fsp3) is 0.429. The number of benzene rings is 1. The second kappa shape index (κ2) is 8.75. The van der Waals surface area contributed by atoms with Gasteiger partial charge in [-0.15, -0.1) is 0 Å². The highest BCUT2D eigenvalue weighted by Gasteiger charge is 2.25. The Labute approximate surface area is 160 Å². The number of piperazine rings is 1. The lowest BCUT2D eigenvalue weighted by Crippen LogP contribution is -2.50. The van der Waals surface area contributed by atoms with Gasteiger partial charge >= 0.3 is 0 Å². The van der Waals surface area contributed by atoms with Gasteiger partial charge in [0, 0.05) is 44.8 Å². The summed E-state index contributed by atoms with van der Waals surface area (Å²) in [5.41, 5.74) is 2.33. The summed E-state index contributed by atoms with van der Waals surface area (Å²) in [5, 5.41) is 3.30. The van der Waals surface area contributed by atoms with Crippen LogP contribution < -0.4 is 5.32 Å². The molecule has 0 unspecified atom stereocenters. The van der Waals surface area contributed by atoms with Crippen LogP contribution in [0.15, 0.2) is 47.1 Å². The first-order valence-electron chi connectivity index (χ1n) is 9.49. The fourth-order valence-corrected chi connectivity index (χ4v) is 3.17. The molecular formula is C21H27N3O3. The van der Waals surface area contributed by atoms with E-state index in [1.165, 1.54) is 11.8 Å². The van der Waals surface area contributed by atoms with E-state index in [0.717, 1.165) is 5.69 Å². The normalized spacial score (nSPS) is 14.5. The Bertz CT molecular complexity index is 745. The molecule has 3 rings (SSSR count). The number of nitrogens with zero attached hydrogens (tertiary/aromatic N) is 2. The molecule has 0 radical (unpaired) electrons. The number of hydrogen-bond donors (Lipinski definition) is 1. The third-order valence-electron chi connectivity index (χ3n) is 4.90. The Balaban J connectivity index is 1.40.